The molecule has 0 atom stereocenters. The van der Waals surface area contributed by atoms with Crippen molar-refractivity contribution in [2.24, 2.45) is 0 Å². The summed E-state index contributed by atoms with van der Waals surface area (Å²) in [5.41, 5.74) is 0.551. The number of carbonyl (C=O) groups excluding carboxylic acids is 1. The Morgan fingerprint density at radius 1 is 1.29 bits per heavy atom. The first-order chi connectivity index (χ1) is 9.70. The maximum atomic E-state index is 13.9. The lowest BCUT2D eigenvalue weighted by molar-refractivity contribution is 0.0984. The molecule has 0 amide bonds. The van der Waals surface area contributed by atoms with Gasteiger partial charge in [-0.15, -0.1) is 11.3 Å². The van der Waals surface area contributed by atoms with E-state index in [1.54, 1.807) is 0 Å². The van der Waals surface area contributed by atoms with Crippen molar-refractivity contribution < 1.29 is 13.6 Å². The van der Waals surface area contributed by atoms with Crippen molar-refractivity contribution in [1.29, 1.82) is 0 Å². The van der Waals surface area contributed by atoms with E-state index in [0.717, 1.165) is 11.8 Å². The maximum Gasteiger partial charge on any atom is 0.175 e. The second-order valence-electron chi connectivity index (χ2n) is 6.03. The van der Waals surface area contributed by atoms with Gasteiger partial charge in [0, 0.05) is 10.8 Å². The van der Waals surface area contributed by atoms with Crippen LogP contribution in [0.4, 0.5) is 8.78 Å². The molecule has 5 heteroatoms. The predicted octanol–water partition coefficient (Wildman–Crippen LogP) is 4.45. The summed E-state index contributed by atoms with van der Waals surface area (Å²) in [7, 11) is 0. The van der Waals surface area contributed by atoms with Crippen LogP contribution in [0.25, 0.3) is 0 Å². The van der Waals surface area contributed by atoms with Crippen LogP contribution in [0.5, 0.6) is 0 Å². The average molecular weight is 309 g/mol. The number of nitrogens with zero attached hydrogens (tertiary/aromatic N) is 1. The summed E-state index contributed by atoms with van der Waals surface area (Å²) in [4.78, 5) is 16.5. The lowest BCUT2D eigenvalue weighted by Crippen LogP contribution is -2.13. The lowest BCUT2D eigenvalue weighted by Gasteiger charge is -2.14. The monoisotopic (exact) mass is 309 g/mol. The minimum absolute atomic E-state index is 0.0853. The van der Waals surface area contributed by atoms with E-state index in [0.29, 0.717) is 5.01 Å². The summed E-state index contributed by atoms with van der Waals surface area (Å²) in [6.45, 7) is 7.57. The zero-order chi connectivity index (χ0) is 15.8. The third-order valence-corrected chi connectivity index (χ3v) is 4.04. The molecule has 0 N–H and O–H groups in total. The number of benzene rings is 1. The molecule has 0 aliphatic heterocycles. The van der Waals surface area contributed by atoms with Gasteiger partial charge < -0.3 is 0 Å². The van der Waals surface area contributed by atoms with Crippen molar-refractivity contribution in [1.82, 2.24) is 4.98 Å². The second kappa shape index (κ2) is 5.64. The highest BCUT2D eigenvalue weighted by Crippen LogP contribution is 2.25. The van der Waals surface area contributed by atoms with Gasteiger partial charge in [0.15, 0.2) is 5.78 Å². The fourth-order valence-electron chi connectivity index (χ4n) is 1.87. The maximum absolute atomic E-state index is 13.9. The molecule has 1 heterocycles. The van der Waals surface area contributed by atoms with Gasteiger partial charge >= 0.3 is 0 Å². The predicted molar refractivity (Wildman–Crippen MR) is 79.9 cm³/mol. The Morgan fingerprint density at radius 3 is 2.52 bits per heavy atom. The molecule has 0 fully saturated rings. The van der Waals surface area contributed by atoms with Gasteiger partial charge in [-0.2, -0.15) is 0 Å². The topological polar surface area (TPSA) is 30.0 Å². The number of Topliss-reactive ketones (excluding diaryl/α,β-unsaturated/α-hetero) is 1. The summed E-state index contributed by atoms with van der Waals surface area (Å²) in [5, 5.41) is 2.45. The fraction of sp³-hybridized carbons (Fsp3) is 0.375. The zero-order valence-corrected chi connectivity index (χ0v) is 13.3. The van der Waals surface area contributed by atoms with Crippen LogP contribution in [0, 0.1) is 18.6 Å². The molecule has 1 aromatic carbocycles. The lowest BCUT2D eigenvalue weighted by atomic mass is 9.93. The van der Waals surface area contributed by atoms with Crippen LogP contribution in [-0.2, 0) is 11.8 Å². The number of rotatable bonds is 3. The molecule has 0 bridgehead atoms. The molecule has 0 aliphatic rings. The van der Waals surface area contributed by atoms with E-state index < -0.39 is 23.0 Å². The van der Waals surface area contributed by atoms with Gasteiger partial charge in [0.1, 0.15) is 16.6 Å². The van der Waals surface area contributed by atoms with Crippen molar-refractivity contribution in [2.75, 3.05) is 0 Å². The second-order valence-corrected chi connectivity index (χ2v) is 6.97. The van der Waals surface area contributed by atoms with Crippen LogP contribution < -0.4 is 0 Å². The van der Waals surface area contributed by atoms with Crippen LogP contribution in [-0.4, -0.2) is 10.8 Å². The minimum Gasteiger partial charge on any atom is -0.293 e. The van der Waals surface area contributed by atoms with E-state index in [-0.39, 0.29) is 17.4 Å². The fourth-order valence-corrected chi connectivity index (χ4v) is 2.89. The van der Waals surface area contributed by atoms with E-state index >= 15 is 0 Å². The van der Waals surface area contributed by atoms with Gasteiger partial charge in [-0.1, -0.05) is 26.8 Å². The first kappa shape index (κ1) is 15.8. The zero-order valence-electron chi connectivity index (χ0n) is 12.5. The average Bonchev–Trinajstić information content (AvgIpc) is 2.83. The normalized spacial score (nSPS) is 11.7. The number of carbonyl (C=O) groups is 1. The SMILES string of the molecule is Cc1ccc(F)c(C(=O)Cc2nc(C(C)(C)C)cs2)c1F. The van der Waals surface area contributed by atoms with Gasteiger partial charge in [-0.25, -0.2) is 13.8 Å². The number of hydrogen-bond donors (Lipinski definition) is 0. The van der Waals surface area contributed by atoms with Crippen LogP contribution in [0.1, 0.15) is 47.4 Å². The number of aromatic nitrogens is 1. The van der Waals surface area contributed by atoms with Crippen molar-refractivity contribution in [3.63, 3.8) is 0 Å². The number of hydrogen-bond acceptors (Lipinski definition) is 3. The summed E-state index contributed by atoms with van der Waals surface area (Å²) in [5.74, 6) is -2.19. The van der Waals surface area contributed by atoms with Crippen molar-refractivity contribution >= 4 is 17.1 Å². The van der Waals surface area contributed by atoms with Gasteiger partial charge in [-0.05, 0) is 18.6 Å². The number of aryl methyl sites for hydroxylation is 1. The van der Waals surface area contributed by atoms with Gasteiger partial charge in [-0.3, -0.25) is 4.79 Å². The standard InChI is InChI=1S/C16H17F2NOS/c1-9-5-6-10(17)14(15(9)18)11(20)7-13-19-12(8-21-13)16(2,3)4/h5-6,8H,7H2,1-4H3. The van der Waals surface area contributed by atoms with E-state index in [1.807, 2.05) is 26.2 Å². The van der Waals surface area contributed by atoms with E-state index in [2.05, 4.69) is 4.98 Å². The van der Waals surface area contributed by atoms with Crippen LogP contribution in [0.2, 0.25) is 0 Å². The summed E-state index contributed by atoms with van der Waals surface area (Å²) in [6, 6.07) is 2.44. The molecule has 0 unspecified atom stereocenters. The number of ketones is 1. The van der Waals surface area contributed by atoms with E-state index in [4.69, 9.17) is 0 Å². The number of halogens is 2. The van der Waals surface area contributed by atoms with Crippen molar-refractivity contribution in [3.05, 3.63) is 51.0 Å². The first-order valence-corrected chi connectivity index (χ1v) is 7.51. The summed E-state index contributed by atoms with van der Waals surface area (Å²) >= 11 is 1.34. The Labute approximate surface area is 126 Å². The molecule has 21 heavy (non-hydrogen) atoms. The highest BCUT2D eigenvalue weighted by Gasteiger charge is 2.22. The molecule has 0 saturated heterocycles. The quantitative estimate of drug-likeness (QED) is 0.784. The third-order valence-electron chi connectivity index (χ3n) is 3.19. The van der Waals surface area contributed by atoms with Crippen LogP contribution >= 0.6 is 11.3 Å². The van der Waals surface area contributed by atoms with E-state index in [1.165, 1.54) is 24.3 Å². The smallest absolute Gasteiger partial charge is 0.175 e. The Kier molecular flexibility index (Phi) is 4.23. The molecular weight excluding hydrogens is 292 g/mol. The third kappa shape index (κ3) is 3.35. The first-order valence-electron chi connectivity index (χ1n) is 6.63. The molecule has 0 aliphatic carbocycles. The van der Waals surface area contributed by atoms with Gasteiger partial charge in [0.05, 0.1) is 17.7 Å². The molecular formula is C16H17F2NOS. The van der Waals surface area contributed by atoms with Crippen molar-refractivity contribution in [3.8, 4) is 0 Å². The minimum atomic E-state index is -0.823. The molecule has 0 spiro atoms. The van der Waals surface area contributed by atoms with E-state index in [9.17, 15) is 13.6 Å². The molecule has 2 nitrogen and oxygen atoms in total. The molecule has 1 aromatic heterocycles. The van der Waals surface area contributed by atoms with Crippen molar-refractivity contribution in [2.45, 2.75) is 39.5 Å². The molecule has 0 saturated carbocycles. The Morgan fingerprint density at radius 2 is 1.95 bits per heavy atom. The largest absolute Gasteiger partial charge is 0.293 e. The van der Waals surface area contributed by atoms with Gasteiger partial charge in [0.2, 0.25) is 0 Å². The molecule has 0 radical (unpaired) electrons. The van der Waals surface area contributed by atoms with Crippen LogP contribution in [0.3, 0.4) is 0 Å². The highest BCUT2D eigenvalue weighted by atomic mass is 32.1. The van der Waals surface area contributed by atoms with Gasteiger partial charge in [0.25, 0.3) is 0 Å². The molecule has 2 aromatic rings. The Bertz CT molecular complexity index is 686. The highest BCUT2D eigenvalue weighted by molar-refractivity contribution is 7.09. The summed E-state index contributed by atoms with van der Waals surface area (Å²) < 4.78 is 27.6. The van der Waals surface area contributed by atoms with Crippen LogP contribution in [0.15, 0.2) is 17.5 Å². The number of thiazole rings is 1. The Balaban J connectivity index is 2.27. The molecule has 112 valence electrons. The Hall–Kier alpha value is -1.62. The summed E-state index contributed by atoms with van der Waals surface area (Å²) in [6.07, 6.45) is -0.0853. The molecule has 2 rings (SSSR count).